The predicted octanol–water partition coefficient (Wildman–Crippen LogP) is 5.63. The number of anilines is 1. The third-order valence-electron chi connectivity index (χ3n) is 7.74. The van der Waals surface area contributed by atoms with E-state index in [2.05, 4.69) is 15.3 Å². The molecule has 0 radical (unpaired) electrons. The maximum absolute atomic E-state index is 15.2. The molecule has 5 rings (SSSR count). The first kappa shape index (κ1) is 26.2. The van der Waals surface area contributed by atoms with E-state index >= 15 is 4.39 Å². The van der Waals surface area contributed by atoms with Crippen LogP contribution in [-0.4, -0.2) is 39.4 Å². The number of aliphatic hydroxyl groups is 1. The third kappa shape index (κ3) is 4.66. The van der Waals surface area contributed by atoms with Crippen LogP contribution in [0.1, 0.15) is 72.6 Å². The lowest BCUT2D eigenvalue weighted by Crippen LogP contribution is -2.22. The van der Waals surface area contributed by atoms with Crippen molar-refractivity contribution in [1.29, 1.82) is 0 Å². The monoisotopic (exact) mass is 529 g/mol. The summed E-state index contributed by atoms with van der Waals surface area (Å²) in [5.41, 5.74) is 1.85. The highest BCUT2D eigenvalue weighted by Gasteiger charge is 2.35. The molecule has 3 aromatic rings. The number of alkyl halides is 2. The van der Waals surface area contributed by atoms with Gasteiger partial charge < -0.3 is 20.3 Å². The molecule has 3 N–H and O–H groups in total. The summed E-state index contributed by atoms with van der Waals surface area (Å²) in [6.45, 7) is 2.44. The Labute approximate surface area is 218 Å². The van der Waals surface area contributed by atoms with Crippen LogP contribution in [-0.2, 0) is 17.1 Å². The van der Waals surface area contributed by atoms with Crippen LogP contribution < -0.4 is 10.1 Å². The number of aliphatic hydroxyl groups excluding tert-OH is 1. The van der Waals surface area contributed by atoms with E-state index in [1.54, 1.807) is 13.8 Å². The highest BCUT2D eigenvalue weighted by Crippen LogP contribution is 2.46. The molecule has 38 heavy (non-hydrogen) atoms. The van der Waals surface area contributed by atoms with Crippen LogP contribution in [0.25, 0.3) is 10.9 Å². The normalized spacial score (nSPS) is 20.2. The molecule has 0 unspecified atom stereocenters. The standard InChI is InChI=1S/C28H30F3N3O4/c1-14(18-4-3-5-22(23(18)29)28(30,31)13-35)32-26-21-12-20(16-6-8-17(9-7-16)27(36)37)25-19(10-11-38-25)24(21)33-15(2)34-26/h3-5,12,14,16-17,35H,6-11,13H2,1-2H3,(H,36,37)(H,32,33,34)/t14-,16?,17?/m1/s1. The molecule has 202 valence electrons. The molecule has 0 saturated heterocycles. The second-order valence-corrected chi connectivity index (χ2v) is 10.2. The molecular weight excluding hydrogens is 499 g/mol. The molecule has 1 saturated carbocycles. The van der Waals surface area contributed by atoms with Gasteiger partial charge in [0.05, 0.1) is 29.6 Å². The number of benzene rings is 2. The molecule has 0 bridgehead atoms. The number of rotatable bonds is 7. The maximum atomic E-state index is 15.2. The number of hydrogen-bond acceptors (Lipinski definition) is 6. The smallest absolute Gasteiger partial charge is 0.306 e. The lowest BCUT2D eigenvalue weighted by molar-refractivity contribution is -0.142. The number of fused-ring (bicyclic) bond motifs is 3. The minimum atomic E-state index is -3.70. The second kappa shape index (κ2) is 10.1. The molecule has 1 aromatic heterocycles. The van der Waals surface area contributed by atoms with Gasteiger partial charge in [-0.2, -0.15) is 8.78 Å². The van der Waals surface area contributed by atoms with Gasteiger partial charge in [0.1, 0.15) is 29.8 Å². The lowest BCUT2D eigenvalue weighted by atomic mass is 9.77. The molecule has 1 fully saturated rings. The number of carboxylic acid groups (broad SMARTS) is 1. The molecule has 2 aliphatic rings. The van der Waals surface area contributed by atoms with Crippen molar-refractivity contribution in [2.24, 2.45) is 5.92 Å². The van der Waals surface area contributed by atoms with E-state index in [-0.39, 0.29) is 17.4 Å². The molecule has 1 aliphatic carbocycles. The Hall–Kier alpha value is -3.40. The van der Waals surface area contributed by atoms with E-state index in [0.717, 1.165) is 46.7 Å². The Morgan fingerprint density at radius 3 is 2.66 bits per heavy atom. The minimum absolute atomic E-state index is 0.0248. The van der Waals surface area contributed by atoms with Crippen molar-refractivity contribution in [2.45, 2.75) is 63.8 Å². The zero-order valence-corrected chi connectivity index (χ0v) is 21.2. The van der Waals surface area contributed by atoms with Gasteiger partial charge in [-0.05, 0) is 63.1 Å². The van der Waals surface area contributed by atoms with E-state index in [1.807, 2.05) is 6.07 Å². The quantitative estimate of drug-likeness (QED) is 0.365. The van der Waals surface area contributed by atoms with Crippen LogP contribution in [0.4, 0.5) is 19.0 Å². The molecule has 1 atom stereocenters. The van der Waals surface area contributed by atoms with Crippen LogP contribution in [0.5, 0.6) is 5.75 Å². The zero-order valence-electron chi connectivity index (χ0n) is 21.2. The molecular formula is C28H30F3N3O4. The number of carbonyl (C=O) groups is 1. The second-order valence-electron chi connectivity index (χ2n) is 10.2. The Morgan fingerprint density at radius 2 is 1.97 bits per heavy atom. The number of nitrogens with zero attached hydrogens (tertiary/aromatic N) is 2. The maximum Gasteiger partial charge on any atom is 0.306 e. The summed E-state index contributed by atoms with van der Waals surface area (Å²) in [6, 6.07) is 5.00. The number of halogens is 3. The molecule has 0 amide bonds. The summed E-state index contributed by atoms with van der Waals surface area (Å²) in [4.78, 5) is 20.7. The van der Waals surface area contributed by atoms with Gasteiger partial charge >= 0.3 is 5.97 Å². The van der Waals surface area contributed by atoms with Gasteiger partial charge in [0, 0.05) is 22.9 Å². The molecule has 0 spiro atoms. The fourth-order valence-electron chi connectivity index (χ4n) is 5.71. The van der Waals surface area contributed by atoms with Crippen molar-refractivity contribution < 1.29 is 32.9 Å². The van der Waals surface area contributed by atoms with Crippen LogP contribution >= 0.6 is 0 Å². The van der Waals surface area contributed by atoms with Gasteiger partial charge in [-0.1, -0.05) is 12.1 Å². The van der Waals surface area contributed by atoms with Crippen molar-refractivity contribution in [3.8, 4) is 5.75 Å². The van der Waals surface area contributed by atoms with Crippen LogP contribution in [0.15, 0.2) is 24.3 Å². The van der Waals surface area contributed by atoms with Crippen molar-refractivity contribution in [2.75, 3.05) is 18.5 Å². The number of carboxylic acids is 1. The summed E-state index contributed by atoms with van der Waals surface area (Å²) in [5, 5.41) is 22.4. The topological polar surface area (TPSA) is 105 Å². The number of aryl methyl sites for hydroxylation is 1. The Morgan fingerprint density at radius 1 is 1.24 bits per heavy atom. The van der Waals surface area contributed by atoms with Crippen molar-refractivity contribution in [3.05, 3.63) is 58.2 Å². The first-order valence-electron chi connectivity index (χ1n) is 12.8. The summed E-state index contributed by atoms with van der Waals surface area (Å²) in [5.74, 6) is -4.00. The van der Waals surface area contributed by atoms with Gasteiger partial charge in [0.25, 0.3) is 5.92 Å². The first-order valence-corrected chi connectivity index (χ1v) is 12.8. The third-order valence-corrected chi connectivity index (χ3v) is 7.74. The predicted molar refractivity (Wildman–Crippen MR) is 135 cm³/mol. The summed E-state index contributed by atoms with van der Waals surface area (Å²) >= 11 is 0. The molecule has 10 heteroatoms. The summed E-state index contributed by atoms with van der Waals surface area (Å²) < 4.78 is 49.4. The number of nitrogens with one attached hydrogen (secondary N) is 1. The van der Waals surface area contributed by atoms with E-state index in [0.29, 0.717) is 37.5 Å². The Bertz CT molecular complexity index is 1390. The Kier molecular flexibility index (Phi) is 6.94. The van der Waals surface area contributed by atoms with E-state index in [4.69, 9.17) is 9.84 Å². The number of aliphatic carboxylic acids is 1. The van der Waals surface area contributed by atoms with E-state index < -0.39 is 35.9 Å². The highest BCUT2D eigenvalue weighted by molar-refractivity contribution is 5.94. The molecule has 2 aromatic carbocycles. The fourth-order valence-corrected chi connectivity index (χ4v) is 5.71. The average Bonchev–Trinajstić information content (AvgIpc) is 3.39. The number of hydrogen-bond donors (Lipinski definition) is 3. The van der Waals surface area contributed by atoms with Gasteiger partial charge in [-0.15, -0.1) is 0 Å². The SMILES string of the molecule is Cc1nc(N[C@H](C)c2cccc(C(F)(F)CO)c2F)c2cc(C3CCC(C(=O)O)CC3)c3c(c2n1)CCO3. The fraction of sp³-hybridized carbons (Fsp3) is 0.464. The van der Waals surface area contributed by atoms with Crippen molar-refractivity contribution >= 4 is 22.7 Å². The van der Waals surface area contributed by atoms with Gasteiger partial charge in [0.2, 0.25) is 0 Å². The van der Waals surface area contributed by atoms with Crippen molar-refractivity contribution in [3.63, 3.8) is 0 Å². The van der Waals surface area contributed by atoms with Crippen LogP contribution in [0, 0.1) is 18.7 Å². The number of ether oxygens (including phenoxy) is 1. The first-order chi connectivity index (χ1) is 18.1. The average molecular weight is 530 g/mol. The molecule has 7 nitrogen and oxygen atoms in total. The van der Waals surface area contributed by atoms with Gasteiger partial charge in [0.15, 0.2) is 0 Å². The lowest BCUT2D eigenvalue weighted by Gasteiger charge is -2.28. The molecule has 2 heterocycles. The molecule has 1 aliphatic heterocycles. The van der Waals surface area contributed by atoms with Crippen LogP contribution in [0.3, 0.4) is 0 Å². The van der Waals surface area contributed by atoms with Gasteiger partial charge in [-0.25, -0.2) is 14.4 Å². The van der Waals surface area contributed by atoms with Crippen LogP contribution in [0.2, 0.25) is 0 Å². The van der Waals surface area contributed by atoms with E-state index in [1.165, 1.54) is 12.1 Å². The van der Waals surface area contributed by atoms with Crippen molar-refractivity contribution in [1.82, 2.24) is 9.97 Å². The highest BCUT2D eigenvalue weighted by atomic mass is 19.3. The minimum Gasteiger partial charge on any atom is -0.493 e. The summed E-state index contributed by atoms with van der Waals surface area (Å²) in [6.07, 6.45) is 3.30. The zero-order chi connectivity index (χ0) is 27.2. The largest absolute Gasteiger partial charge is 0.493 e. The number of aromatic nitrogens is 2. The summed E-state index contributed by atoms with van der Waals surface area (Å²) in [7, 11) is 0. The van der Waals surface area contributed by atoms with E-state index in [9.17, 15) is 18.7 Å². The Balaban J connectivity index is 1.54. The van der Waals surface area contributed by atoms with Gasteiger partial charge in [-0.3, -0.25) is 4.79 Å².